The minimum absolute atomic E-state index is 0.00194. The zero-order chi connectivity index (χ0) is 24.1. The van der Waals surface area contributed by atoms with E-state index in [-0.39, 0.29) is 23.4 Å². The molecule has 3 aromatic rings. The van der Waals surface area contributed by atoms with Gasteiger partial charge >= 0.3 is 0 Å². The van der Waals surface area contributed by atoms with Gasteiger partial charge in [0.15, 0.2) is 5.13 Å². The number of benzene rings is 2. The van der Waals surface area contributed by atoms with Crippen LogP contribution in [-0.2, 0) is 10.0 Å². The lowest BCUT2D eigenvalue weighted by atomic mass is 9.96. The van der Waals surface area contributed by atoms with E-state index in [1.165, 1.54) is 26.6 Å². The van der Waals surface area contributed by atoms with Gasteiger partial charge in [0, 0.05) is 36.1 Å². The summed E-state index contributed by atoms with van der Waals surface area (Å²) in [6, 6.07) is 16.1. The van der Waals surface area contributed by atoms with E-state index in [4.69, 9.17) is 0 Å². The number of carbonyl (C=O) groups is 1. The first-order valence-corrected chi connectivity index (χ1v) is 13.8. The number of nitrogens with zero attached hydrogens (tertiary/aromatic N) is 3. The maximum Gasteiger partial charge on any atom is 0.260 e. The average Bonchev–Trinajstić information content (AvgIpc) is 3.37. The molecular formula is C26H29N3O3S2. The van der Waals surface area contributed by atoms with Crippen molar-refractivity contribution in [2.45, 2.75) is 43.0 Å². The number of rotatable bonds is 8. The van der Waals surface area contributed by atoms with Crippen LogP contribution in [0, 0.1) is 0 Å². The predicted octanol–water partition coefficient (Wildman–Crippen LogP) is 5.60. The van der Waals surface area contributed by atoms with Gasteiger partial charge in [0.2, 0.25) is 10.0 Å². The number of aromatic nitrogens is 1. The molecule has 0 N–H and O–H groups in total. The molecule has 1 aromatic heterocycles. The van der Waals surface area contributed by atoms with Crippen molar-refractivity contribution in [2.24, 2.45) is 0 Å². The van der Waals surface area contributed by atoms with Crippen LogP contribution in [0.4, 0.5) is 5.13 Å². The Kier molecular flexibility index (Phi) is 7.60. The van der Waals surface area contributed by atoms with Gasteiger partial charge in [-0.3, -0.25) is 9.69 Å². The summed E-state index contributed by atoms with van der Waals surface area (Å²) in [5, 5.41) is 2.45. The van der Waals surface area contributed by atoms with Crippen molar-refractivity contribution < 1.29 is 13.2 Å². The lowest BCUT2D eigenvalue weighted by Crippen LogP contribution is -2.38. The highest BCUT2D eigenvalue weighted by atomic mass is 32.2. The molecule has 1 fully saturated rings. The van der Waals surface area contributed by atoms with Crippen LogP contribution in [0.3, 0.4) is 0 Å². The van der Waals surface area contributed by atoms with E-state index >= 15 is 0 Å². The largest absolute Gasteiger partial charge is 0.280 e. The topological polar surface area (TPSA) is 70.6 Å². The number of amides is 1. The van der Waals surface area contributed by atoms with E-state index in [9.17, 15) is 13.2 Å². The molecule has 178 valence electrons. The van der Waals surface area contributed by atoms with Gasteiger partial charge in [0.05, 0.1) is 10.6 Å². The summed E-state index contributed by atoms with van der Waals surface area (Å²) in [5.74, 6) is -0.314. The first-order chi connectivity index (χ1) is 16.4. The second-order valence-corrected chi connectivity index (χ2v) is 11.3. The highest BCUT2D eigenvalue weighted by Gasteiger charge is 2.30. The Morgan fingerprint density at radius 1 is 1.12 bits per heavy atom. The van der Waals surface area contributed by atoms with Gasteiger partial charge in [-0.15, -0.1) is 17.9 Å². The van der Waals surface area contributed by atoms with Gasteiger partial charge < -0.3 is 0 Å². The van der Waals surface area contributed by atoms with Crippen LogP contribution in [0.25, 0.3) is 11.3 Å². The van der Waals surface area contributed by atoms with Crippen LogP contribution in [0.2, 0.25) is 0 Å². The molecule has 6 nitrogen and oxygen atoms in total. The number of carbonyl (C=O) groups excluding carboxylic acids is 1. The Morgan fingerprint density at radius 2 is 1.85 bits per heavy atom. The maximum absolute atomic E-state index is 13.5. The Hall–Kier alpha value is -2.81. The van der Waals surface area contributed by atoms with Gasteiger partial charge in [0.1, 0.15) is 0 Å². The van der Waals surface area contributed by atoms with Crippen molar-refractivity contribution in [3.8, 4) is 11.3 Å². The van der Waals surface area contributed by atoms with E-state index in [0.29, 0.717) is 10.7 Å². The third kappa shape index (κ3) is 5.14. The lowest BCUT2D eigenvalue weighted by molar-refractivity contribution is 0.0989. The van der Waals surface area contributed by atoms with E-state index in [1.807, 2.05) is 35.7 Å². The minimum atomic E-state index is -3.70. The molecule has 0 bridgehead atoms. The molecule has 2 aromatic carbocycles. The summed E-state index contributed by atoms with van der Waals surface area (Å²) in [7, 11) is -2.06. The standard InChI is InChI=1S/C26H29N3O3S2/c1-3-17-29(26-27-24(19-33-26)20-11-6-4-7-12-20)25(30)21-13-10-16-23(18-21)34(31,32)28(2)22-14-8-5-9-15-22/h3-4,6-7,10-13,16,18-19,22H,1,5,8-9,14-15,17H2,2H3. The molecule has 0 saturated heterocycles. The SMILES string of the molecule is C=CCN(C(=O)c1cccc(S(=O)(=O)N(C)C2CCCCC2)c1)c1nc(-c2ccccc2)cs1. The van der Waals surface area contributed by atoms with Gasteiger partial charge in [0.25, 0.3) is 5.91 Å². The second kappa shape index (κ2) is 10.6. The average molecular weight is 496 g/mol. The van der Waals surface area contributed by atoms with Crippen molar-refractivity contribution in [1.82, 2.24) is 9.29 Å². The molecule has 34 heavy (non-hydrogen) atoms. The number of hydrogen-bond acceptors (Lipinski definition) is 5. The second-order valence-electron chi connectivity index (χ2n) is 8.43. The van der Waals surface area contributed by atoms with Crippen molar-refractivity contribution in [3.63, 3.8) is 0 Å². The van der Waals surface area contributed by atoms with E-state index < -0.39 is 10.0 Å². The number of hydrogen-bond donors (Lipinski definition) is 0. The van der Waals surface area contributed by atoms with E-state index in [1.54, 1.807) is 31.3 Å². The van der Waals surface area contributed by atoms with Crippen LogP contribution in [0.1, 0.15) is 42.5 Å². The normalized spacial score (nSPS) is 14.8. The van der Waals surface area contributed by atoms with Crippen LogP contribution in [0.15, 0.2) is 77.5 Å². The zero-order valence-electron chi connectivity index (χ0n) is 19.3. The molecule has 1 amide bonds. The zero-order valence-corrected chi connectivity index (χ0v) is 20.9. The summed E-state index contributed by atoms with van der Waals surface area (Å²) >= 11 is 1.37. The van der Waals surface area contributed by atoms with Gasteiger partial charge in [-0.2, -0.15) is 4.31 Å². The summed E-state index contributed by atoms with van der Waals surface area (Å²) in [6.45, 7) is 4.04. The van der Waals surface area contributed by atoms with Crippen LogP contribution >= 0.6 is 11.3 Å². The molecule has 4 rings (SSSR count). The smallest absolute Gasteiger partial charge is 0.260 e. The molecule has 0 spiro atoms. The lowest BCUT2D eigenvalue weighted by Gasteiger charge is -2.30. The van der Waals surface area contributed by atoms with Gasteiger partial charge in [-0.05, 0) is 31.0 Å². The molecule has 1 heterocycles. The van der Waals surface area contributed by atoms with Crippen molar-refractivity contribution >= 4 is 32.4 Å². The number of anilines is 1. The highest BCUT2D eigenvalue weighted by Crippen LogP contribution is 2.30. The summed E-state index contributed by atoms with van der Waals surface area (Å²) in [4.78, 5) is 19.8. The predicted molar refractivity (Wildman–Crippen MR) is 138 cm³/mol. The number of sulfonamides is 1. The Morgan fingerprint density at radius 3 is 2.56 bits per heavy atom. The van der Waals surface area contributed by atoms with E-state index in [0.717, 1.165) is 43.4 Å². The highest BCUT2D eigenvalue weighted by molar-refractivity contribution is 7.89. The van der Waals surface area contributed by atoms with Gasteiger partial charge in [-0.25, -0.2) is 13.4 Å². The van der Waals surface area contributed by atoms with Gasteiger partial charge in [-0.1, -0.05) is 61.7 Å². The quantitative estimate of drug-likeness (QED) is 0.382. The first kappa shape index (κ1) is 24.3. The van der Waals surface area contributed by atoms with Crippen LogP contribution in [0.5, 0.6) is 0 Å². The summed E-state index contributed by atoms with van der Waals surface area (Å²) in [6.07, 6.45) is 6.61. The Labute approximate surface area is 205 Å². The fraction of sp³-hybridized carbons (Fsp3) is 0.308. The fourth-order valence-corrected chi connectivity index (χ4v) is 6.56. The molecule has 1 aliphatic rings. The Bertz CT molecular complexity index is 1250. The summed E-state index contributed by atoms with van der Waals surface area (Å²) in [5.41, 5.74) is 2.05. The summed E-state index contributed by atoms with van der Waals surface area (Å²) < 4.78 is 28.1. The fourth-order valence-electron chi connectivity index (χ4n) is 4.26. The monoisotopic (exact) mass is 495 g/mol. The van der Waals surface area contributed by atoms with Crippen LogP contribution in [-0.4, -0.2) is 43.2 Å². The Balaban J connectivity index is 1.61. The molecular weight excluding hydrogens is 466 g/mol. The first-order valence-electron chi connectivity index (χ1n) is 11.4. The molecule has 0 unspecified atom stereocenters. The third-order valence-electron chi connectivity index (χ3n) is 6.20. The molecule has 0 atom stereocenters. The maximum atomic E-state index is 13.5. The molecule has 1 aliphatic carbocycles. The van der Waals surface area contributed by atoms with E-state index in [2.05, 4.69) is 11.6 Å². The molecule has 1 saturated carbocycles. The van der Waals surface area contributed by atoms with Crippen molar-refractivity contribution in [2.75, 3.05) is 18.5 Å². The molecule has 0 radical (unpaired) electrons. The number of thiazole rings is 1. The van der Waals surface area contributed by atoms with Crippen LogP contribution < -0.4 is 4.90 Å². The van der Waals surface area contributed by atoms with Crippen molar-refractivity contribution in [1.29, 1.82) is 0 Å². The molecule has 8 heteroatoms. The molecule has 0 aliphatic heterocycles. The van der Waals surface area contributed by atoms with Crippen molar-refractivity contribution in [3.05, 3.63) is 78.2 Å². The minimum Gasteiger partial charge on any atom is -0.280 e. The third-order valence-corrected chi connectivity index (χ3v) is 8.97.